The van der Waals surface area contributed by atoms with Gasteiger partial charge in [-0.3, -0.25) is 9.10 Å². The van der Waals surface area contributed by atoms with Crippen LogP contribution in [0.5, 0.6) is 0 Å². The van der Waals surface area contributed by atoms with Gasteiger partial charge < -0.3 is 5.32 Å². The van der Waals surface area contributed by atoms with E-state index >= 15 is 0 Å². The highest BCUT2D eigenvalue weighted by molar-refractivity contribution is 7.92. The normalized spacial score (nSPS) is 12.5. The number of nitrogens with zero attached hydrogens (tertiary/aromatic N) is 1. The van der Waals surface area contributed by atoms with E-state index in [0.29, 0.717) is 11.3 Å². The second-order valence-corrected chi connectivity index (χ2v) is 8.35. The summed E-state index contributed by atoms with van der Waals surface area (Å²) in [5, 5.41) is 2.95. The predicted molar refractivity (Wildman–Crippen MR) is 101 cm³/mol. The summed E-state index contributed by atoms with van der Waals surface area (Å²) >= 11 is 0. The van der Waals surface area contributed by atoms with Gasteiger partial charge in [-0.2, -0.15) is 0 Å². The van der Waals surface area contributed by atoms with E-state index in [4.69, 9.17) is 0 Å². The standard InChI is InChI=1S/C19H24N2O3S/c1-13-6-9-16(10-7-13)15(3)20-19(22)17-11-8-14(2)18(12-17)21(4)25(5,23)24/h6-12,15H,1-5H3,(H,20,22). The fraction of sp³-hybridized carbons (Fsp3) is 0.316. The second-order valence-electron chi connectivity index (χ2n) is 6.34. The Morgan fingerprint density at radius 2 is 1.68 bits per heavy atom. The molecule has 0 saturated carbocycles. The van der Waals surface area contributed by atoms with Crippen LogP contribution in [0.4, 0.5) is 5.69 Å². The van der Waals surface area contributed by atoms with Crippen LogP contribution in [-0.2, 0) is 10.0 Å². The van der Waals surface area contributed by atoms with Crippen molar-refractivity contribution in [1.82, 2.24) is 5.32 Å². The van der Waals surface area contributed by atoms with Crippen LogP contribution in [0, 0.1) is 13.8 Å². The molecule has 25 heavy (non-hydrogen) atoms. The van der Waals surface area contributed by atoms with Crippen molar-refractivity contribution < 1.29 is 13.2 Å². The summed E-state index contributed by atoms with van der Waals surface area (Å²) in [5.41, 5.74) is 3.89. The SMILES string of the molecule is Cc1ccc(C(C)NC(=O)c2ccc(C)c(N(C)S(C)(=O)=O)c2)cc1. The molecular formula is C19H24N2O3S. The summed E-state index contributed by atoms with van der Waals surface area (Å²) in [7, 11) is -1.91. The van der Waals surface area contributed by atoms with Gasteiger partial charge in [0.25, 0.3) is 5.91 Å². The molecule has 1 amide bonds. The van der Waals surface area contributed by atoms with Crippen LogP contribution in [-0.4, -0.2) is 27.6 Å². The third-order valence-electron chi connectivity index (χ3n) is 4.23. The quantitative estimate of drug-likeness (QED) is 0.890. The van der Waals surface area contributed by atoms with Crippen LogP contribution in [0.2, 0.25) is 0 Å². The zero-order valence-corrected chi connectivity index (χ0v) is 16.0. The van der Waals surface area contributed by atoms with Gasteiger partial charge in [-0.25, -0.2) is 8.42 Å². The molecular weight excluding hydrogens is 336 g/mol. The van der Waals surface area contributed by atoms with Crippen molar-refractivity contribution in [2.75, 3.05) is 17.6 Å². The number of carbonyl (C=O) groups is 1. The van der Waals surface area contributed by atoms with Crippen LogP contribution in [0.15, 0.2) is 42.5 Å². The molecule has 2 rings (SSSR count). The van der Waals surface area contributed by atoms with Gasteiger partial charge in [0.1, 0.15) is 0 Å². The Bertz CT molecular complexity index is 874. The Kier molecular flexibility index (Phi) is 5.52. The van der Waals surface area contributed by atoms with E-state index in [-0.39, 0.29) is 11.9 Å². The zero-order chi connectivity index (χ0) is 18.8. The predicted octanol–water partition coefficient (Wildman–Crippen LogP) is 3.19. The van der Waals surface area contributed by atoms with Crippen molar-refractivity contribution in [1.29, 1.82) is 0 Å². The third kappa shape index (κ3) is 4.60. The Morgan fingerprint density at radius 3 is 2.24 bits per heavy atom. The number of sulfonamides is 1. The first kappa shape index (κ1) is 19.0. The first-order chi connectivity index (χ1) is 11.6. The van der Waals surface area contributed by atoms with Gasteiger partial charge in [0.15, 0.2) is 0 Å². The van der Waals surface area contributed by atoms with Gasteiger partial charge >= 0.3 is 0 Å². The second kappa shape index (κ2) is 7.27. The van der Waals surface area contributed by atoms with E-state index in [1.54, 1.807) is 18.2 Å². The molecule has 5 nitrogen and oxygen atoms in total. The molecule has 1 unspecified atom stereocenters. The largest absolute Gasteiger partial charge is 0.346 e. The molecule has 0 aliphatic carbocycles. The van der Waals surface area contributed by atoms with E-state index in [9.17, 15) is 13.2 Å². The van der Waals surface area contributed by atoms with E-state index in [2.05, 4.69) is 5.32 Å². The minimum absolute atomic E-state index is 0.148. The highest BCUT2D eigenvalue weighted by atomic mass is 32.2. The molecule has 2 aromatic carbocycles. The van der Waals surface area contributed by atoms with Crippen LogP contribution < -0.4 is 9.62 Å². The van der Waals surface area contributed by atoms with E-state index in [1.807, 2.05) is 45.0 Å². The molecule has 2 aromatic rings. The minimum atomic E-state index is -3.39. The summed E-state index contributed by atoms with van der Waals surface area (Å²) < 4.78 is 24.7. The highest BCUT2D eigenvalue weighted by Crippen LogP contribution is 2.23. The number of aryl methyl sites for hydroxylation is 2. The maximum absolute atomic E-state index is 12.6. The van der Waals surface area contributed by atoms with Gasteiger partial charge in [-0.05, 0) is 44.0 Å². The monoisotopic (exact) mass is 360 g/mol. The molecule has 6 heteroatoms. The zero-order valence-electron chi connectivity index (χ0n) is 15.2. The lowest BCUT2D eigenvalue weighted by molar-refractivity contribution is 0.0940. The van der Waals surface area contributed by atoms with E-state index in [0.717, 1.165) is 22.9 Å². The molecule has 0 aliphatic rings. The summed E-state index contributed by atoms with van der Waals surface area (Å²) in [6.07, 6.45) is 1.14. The van der Waals surface area contributed by atoms with Gasteiger partial charge in [0, 0.05) is 12.6 Å². The van der Waals surface area contributed by atoms with Gasteiger partial charge in [0.05, 0.1) is 18.0 Å². The van der Waals surface area contributed by atoms with Crippen molar-refractivity contribution in [2.45, 2.75) is 26.8 Å². The maximum Gasteiger partial charge on any atom is 0.251 e. The average molecular weight is 360 g/mol. The lowest BCUT2D eigenvalue weighted by atomic mass is 10.1. The molecule has 0 fully saturated rings. The number of rotatable bonds is 5. The molecule has 0 heterocycles. The van der Waals surface area contributed by atoms with Crippen molar-refractivity contribution in [2.24, 2.45) is 0 Å². The van der Waals surface area contributed by atoms with Gasteiger partial charge in [-0.15, -0.1) is 0 Å². The summed E-state index contributed by atoms with van der Waals surface area (Å²) in [6, 6.07) is 12.9. The van der Waals surface area contributed by atoms with Gasteiger partial charge in [-0.1, -0.05) is 35.9 Å². The fourth-order valence-electron chi connectivity index (χ4n) is 2.49. The summed E-state index contributed by atoms with van der Waals surface area (Å²) in [4.78, 5) is 12.6. The third-order valence-corrected chi connectivity index (χ3v) is 5.42. The number of carbonyl (C=O) groups excluding carboxylic acids is 1. The molecule has 1 N–H and O–H groups in total. The number of benzene rings is 2. The molecule has 0 saturated heterocycles. The van der Waals surface area contributed by atoms with Gasteiger partial charge in [0.2, 0.25) is 10.0 Å². The lowest BCUT2D eigenvalue weighted by Gasteiger charge is -2.20. The Balaban J connectivity index is 2.23. The number of nitrogens with one attached hydrogen (secondary N) is 1. The van der Waals surface area contributed by atoms with Crippen molar-refractivity contribution in [3.63, 3.8) is 0 Å². The molecule has 134 valence electrons. The molecule has 0 aromatic heterocycles. The van der Waals surface area contributed by atoms with Crippen molar-refractivity contribution >= 4 is 21.6 Å². The first-order valence-electron chi connectivity index (χ1n) is 8.01. The number of anilines is 1. The van der Waals surface area contributed by atoms with Crippen LogP contribution in [0.1, 0.15) is 40.0 Å². The molecule has 0 radical (unpaired) electrons. The highest BCUT2D eigenvalue weighted by Gasteiger charge is 2.17. The Hall–Kier alpha value is -2.34. The van der Waals surface area contributed by atoms with Crippen LogP contribution in [0.25, 0.3) is 0 Å². The Labute approximate surface area is 149 Å². The number of hydrogen-bond acceptors (Lipinski definition) is 3. The number of hydrogen-bond donors (Lipinski definition) is 1. The van der Waals surface area contributed by atoms with Crippen LogP contribution in [0.3, 0.4) is 0 Å². The summed E-state index contributed by atoms with van der Waals surface area (Å²) in [6.45, 7) is 5.74. The van der Waals surface area contributed by atoms with E-state index < -0.39 is 10.0 Å². The molecule has 1 atom stereocenters. The van der Waals surface area contributed by atoms with Crippen molar-refractivity contribution in [3.8, 4) is 0 Å². The Morgan fingerprint density at radius 1 is 1.08 bits per heavy atom. The van der Waals surface area contributed by atoms with Crippen LogP contribution >= 0.6 is 0 Å². The fourth-order valence-corrected chi connectivity index (χ4v) is 3.04. The summed E-state index contributed by atoms with van der Waals surface area (Å²) in [5.74, 6) is -0.240. The maximum atomic E-state index is 12.6. The molecule has 0 spiro atoms. The van der Waals surface area contributed by atoms with E-state index in [1.165, 1.54) is 11.4 Å². The smallest absolute Gasteiger partial charge is 0.251 e. The lowest BCUT2D eigenvalue weighted by Crippen LogP contribution is -2.28. The molecule has 0 bridgehead atoms. The average Bonchev–Trinajstić information content (AvgIpc) is 2.54. The minimum Gasteiger partial charge on any atom is -0.346 e. The van der Waals surface area contributed by atoms with Crippen molar-refractivity contribution in [3.05, 3.63) is 64.7 Å². The molecule has 0 aliphatic heterocycles. The first-order valence-corrected chi connectivity index (χ1v) is 9.86. The number of amides is 1. The topological polar surface area (TPSA) is 66.5 Å².